The fraction of sp³-hybridized carbons (Fsp3) is 0.154. The molecule has 3 rings (SSSR count). The largest absolute Gasteiger partial charge is 0.416 e. The second-order valence-corrected chi connectivity index (χ2v) is 4.10. The van der Waals surface area contributed by atoms with Crippen molar-refractivity contribution >= 4 is 11.5 Å². The molecule has 0 unspecified atom stereocenters. The normalized spacial score (nSPS) is 17.3. The molecule has 0 aromatic heterocycles. The minimum absolute atomic E-state index is 0.199. The summed E-state index contributed by atoms with van der Waals surface area (Å²) in [6.07, 6.45) is 2.76. The van der Waals surface area contributed by atoms with E-state index >= 15 is 0 Å². The molecule has 0 fully saturated rings. The number of alkyl halides is 3. The quantitative estimate of drug-likeness (QED) is 0.686. The zero-order valence-electron chi connectivity index (χ0n) is 9.28. The molecule has 92 valence electrons. The van der Waals surface area contributed by atoms with Crippen LogP contribution in [0, 0.1) is 0 Å². The van der Waals surface area contributed by atoms with Crippen molar-refractivity contribution in [3.05, 3.63) is 53.8 Å². The minimum atomic E-state index is -4.34. The summed E-state index contributed by atoms with van der Waals surface area (Å²) in [5, 5.41) is 0. The van der Waals surface area contributed by atoms with Gasteiger partial charge in [0, 0.05) is 11.8 Å². The molecule has 0 atom stereocenters. The first-order chi connectivity index (χ1) is 8.55. The zero-order valence-corrected chi connectivity index (χ0v) is 9.28. The minimum Gasteiger partial charge on any atom is -0.328 e. The lowest BCUT2D eigenvalue weighted by atomic mass is 10.0. The van der Waals surface area contributed by atoms with E-state index in [-0.39, 0.29) is 12.1 Å². The Labute approximate surface area is 102 Å². The molecule has 2 heterocycles. The smallest absolute Gasteiger partial charge is 0.328 e. The summed E-state index contributed by atoms with van der Waals surface area (Å²) in [5.74, 6) is 0.671. The van der Waals surface area contributed by atoms with Crippen LogP contribution in [0.3, 0.4) is 0 Å². The third-order valence-corrected chi connectivity index (χ3v) is 2.94. The van der Waals surface area contributed by atoms with E-state index in [9.17, 15) is 13.2 Å². The van der Waals surface area contributed by atoms with Gasteiger partial charge in [-0.3, -0.25) is 0 Å². The molecule has 0 aliphatic carbocycles. The number of benzene rings is 1. The molecule has 0 saturated heterocycles. The van der Waals surface area contributed by atoms with Gasteiger partial charge in [0.15, 0.2) is 0 Å². The summed E-state index contributed by atoms with van der Waals surface area (Å²) >= 11 is 0. The van der Waals surface area contributed by atoms with Gasteiger partial charge in [-0.25, -0.2) is 4.99 Å². The number of rotatable bonds is 0. The van der Waals surface area contributed by atoms with Crippen molar-refractivity contribution in [1.82, 2.24) is 4.90 Å². The standard InChI is InChI=1S/C13H9F3N2/c14-13(15,16)10-4-3-5-11-9(10)8-18-7-2-1-6-12(18)17-11/h1-7H,8H2. The Hall–Kier alpha value is -2.04. The number of hydrogen-bond acceptors (Lipinski definition) is 2. The Morgan fingerprint density at radius 3 is 2.78 bits per heavy atom. The average molecular weight is 250 g/mol. The van der Waals surface area contributed by atoms with Crippen LogP contribution < -0.4 is 0 Å². The van der Waals surface area contributed by atoms with Crippen LogP contribution in [0.15, 0.2) is 47.6 Å². The molecule has 5 heteroatoms. The van der Waals surface area contributed by atoms with E-state index in [1.807, 2.05) is 6.08 Å². The van der Waals surface area contributed by atoms with Crippen molar-refractivity contribution < 1.29 is 13.2 Å². The van der Waals surface area contributed by atoms with Gasteiger partial charge in [-0.2, -0.15) is 13.2 Å². The predicted octanol–water partition coefficient (Wildman–Crippen LogP) is 3.63. The molecular weight excluding hydrogens is 241 g/mol. The molecule has 0 radical (unpaired) electrons. The third-order valence-electron chi connectivity index (χ3n) is 2.94. The highest BCUT2D eigenvalue weighted by atomic mass is 19.4. The number of fused-ring (bicyclic) bond motifs is 2. The highest BCUT2D eigenvalue weighted by Gasteiger charge is 2.35. The summed E-state index contributed by atoms with van der Waals surface area (Å²) in [7, 11) is 0. The number of halogens is 3. The Bertz CT molecular complexity index is 582. The van der Waals surface area contributed by atoms with Crippen LogP contribution >= 0.6 is 0 Å². The number of amidine groups is 1. The lowest BCUT2D eigenvalue weighted by Crippen LogP contribution is -2.29. The fourth-order valence-electron chi connectivity index (χ4n) is 2.11. The Kier molecular flexibility index (Phi) is 2.29. The maximum Gasteiger partial charge on any atom is 0.416 e. The Morgan fingerprint density at radius 2 is 2.00 bits per heavy atom. The molecule has 0 bridgehead atoms. The molecule has 0 N–H and O–H groups in total. The van der Waals surface area contributed by atoms with Crippen LogP contribution in [-0.2, 0) is 12.7 Å². The van der Waals surface area contributed by atoms with E-state index < -0.39 is 11.7 Å². The highest BCUT2D eigenvalue weighted by molar-refractivity contribution is 5.98. The first kappa shape index (κ1) is 11.1. The first-order valence-electron chi connectivity index (χ1n) is 5.45. The second kappa shape index (κ2) is 3.73. The second-order valence-electron chi connectivity index (χ2n) is 4.10. The van der Waals surface area contributed by atoms with Gasteiger partial charge in [-0.05, 0) is 24.3 Å². The molecule has 1 aromatic carbocycles. The van der Waals surface area contributed by atoms with Gasteiger partial charge in [-0.15, -0.1) is 0 Å². The zero-order chi connectivity index (χ0) is 12.8. The van der Waals surface area contributed by atoms with Crippen LogP contribution in [0.25, 0.3) is 0 Å². The molecule has 0 saturated carbocycles. The van der Waals surface area contributed by atoms with Crippen molar-refractivity contribution in [3.8, 4) is 0 Å². The van der Waals surface area contributed by atoms with E-state index in [0.717, 1.165) is 6.07 Å². The number of allylic oxidation sites excluding steroid dienone is 2. The molecule has 2 aliphatic heterocycles. The van der Waals surface area contributed by atoms with Gasteiger partial charge in [-0.1, -0.05) is 12.1 Å². The van der Waals surface area contributed by atoms with Crippen molar-refractivity contribution in [2.45, 2.75) is 12.7 Å². The van der Waals surface area contributed by atoms with Crippen LogP contribution in [0.1, 0.15) is 11.1 Å². The van der Waals surface area contributed by atoms with E-state index in [1.54, 1.807) is 29.3 Å². The van der Waals surface area contributed by atoms with E-state index in [2.05, 4.69) is 4.99 Å². The topological polar surface area (TPSA) is 15.6 Å². The monoisotopic (exact) mass is 250 g/mol. The Balaban J connectivity index is 2.15. The summed E-state index contributed by atoms with van der Waals surface area (Å²) in [6, 6.07) is 4.10. The van der Waals surface area contributed by atoms with Crippen LogP contribution in [0.5, 0.6) is 0 Å². The molecule has 18 heavy (non-hydrogen) atoms. The highest BCUT2D eigenvalue weighted by Crippen LogP contribution is 2.38. The van der Waals surface area contributed by atoms with Crippen LogP contribution in [-0.4, -0.2) is 10.7 Å². The molecule has 2 nitrogen and oxygen atoms in total. The maximum atomic E-state index is 12.9. The lowest BCUT2D eigenvalue weighted by Gasteiger charge is -2.29. The SMILES string of the molecule is FC(F)(F)c1cccc2c1CN1C=CC=CC1=N2. The molecule has 0 amide bonds. The molecule has 1 aromatic rings. The van der Waals surface area contributed by atoms with Crippen molar-refractivity contribution in [2.24, 2.45) is 4.99 Å². The van der Waals surface area contributed by atoms with Crippen LogP contribution in [0.4, 0.5) is 18.9 Å². The molecular formula is C13H9F3N2. The Morgan fingerprint density at radius 1 is 1.17 bits per heavy atom. The summed E-state index contributed by atoms with van der Waals surface area (Å²) in [5.41, 5.74) is 0.0236. The van der Waals surface area contributed by atoms with Gasteiger partial charge >= 0.3 is 6.18 Å². The maximum absolute atomic E-state index is 12.9. The summed E-state index contributed by atoms with van der Waals surface area (Å²) in [4.78, 5) is 5.95. The average Bonchev–Trinajstić information content (AvgIpc) is 2.34. The van der Waals surface area contributed by atoms with Gasteiger partial charge in [0.1, 0.15) is 5.84 Å². The van der Waals surface area contributed by atoms with E-state index in [1.165, 1.54) is 6.07 Å². The van der Waals surface area contributed by atoms with Gasteiger partial charge < -0.3 is 4.90 Å². The number of nitrogens with zero attached hydrogens (tertiary/aromatic N) is 2. The summed E-state index contributed by atoms with van der Waals surface area (Å²) in [6.45, 7) is 0.199. The summed E-state index contributed by atoms with van der Waals surface area (Å²) < 4.78 is 38.7. The van der Waals surface area contributed by atoms with Gasteiger partial charge in [0.05, 0.1) is 17.8 Å². The van der Waals surface area contributed by atoms with E-state index in [0.29, 0.717) is 11.5 Å². The third kappa shape index (κ3) is 1.72. The van der Waals surface area contributed by atoms with Crippen molar-refractivity contribution in [2.75, 3.05) is 0 Å². The molecule has 0 spiro atoms. The lowest BCUT2D eigenvalue weighted by molar-refractivity contribution is -0.138. The van der Waals surface area contributed by atoms with Crippen molar-refractivity contribution in [1.29, 1.82) is 0 Å². The van der Waals surface area contributed by atoms with Gasteiger partial charge in [0.25, 0.3) is 0 Å². The fourth-order valence-corrected chi connectivity index (χ4v) is 2.11. The van der Waals surface area contributed by atoms with Crippen LogP contribution in [0.2, 0.25) is 0 Å². The van der Waals surface area contributed by atoms with Crippen molar-refractivity contribution in [3.63, 3.8) is 0 Å². The van der Waals surface area contributed by atoms with Gasteiger partial charge in [0.2, 0.25) is 0 Å². The molecule has 2 aliphatic rings. The first-order valence-corrected chi connectivity index (χ1v) is 5.45. The van der Waals surface area contributed by atoms with E-state index in [4.69, 9.17) is 0 Å². The number of aliphatic imine (C=N–C) groups is 1. The predicted molar refractivity (Wildman–Crippen MR) is 62.4 cm³/mol. The number of hydrogen-bond donors (Lipinski definition) is 0.